The standard InChI is InChI=1S/C20H22FNO3/c21-17-9-15(11-22-8-4-7-18(23)12-22)19-16(10-17)13-24-20(25-19)14-5-2-1-3-6-14/h1-3,5-6,9-10,18,20,23H,4,7-8,11-13H2/t18-,20-/m1/s1. The number of nitrogens with zero attached hydrogens (tertiary/aromatic N) is 1. The highest BCUT2D eigenvalue weighted by Gasteiger charge is 2.27. The van der Waals surface area contributed by atoms with E-state index in [0.29, 0.717) is 25.4 Å². The van der Waals surface area contributed by atoms with Crippen molar-refractivity contribution < 1.29 is 19.0 Å². The summed E-state index contributed by atoms with van der Waals surface area (Å²) in [6, 6.07) is 12.8. The van der Waals surface area contributed by atoms with Gasteiger partial charge in [-0.25, -0.2) is 4.39 Å². The van der Waals surface area contributed by atoms with E-state index in [1.807, 2.05) is 30.3 Å². The van der Waals surface area contributed by atoms with Gasteiger partial charge in [-0.15, -0.1) is 0 Å². The van der Waals surface area contributed by atoms with Crippen LogP contribution in [0.15, 0.2) is 42.5 Å². The van der Waals surface area contributed by atoms with Gasteiger partial charge in [0.25, 0.3) is 0 Å². The Bertz CT molecular complexity index is 737. The Morgan fingerprint density at radius 1 is 1.20 bits per heavy atom. The zero-order chi connectivity index (χ0) is 17.2. The van der Waals surface area contributed by atoms with Gasteiger partial charge in [-0.05, 0) is 31.5 Å². The molecule has 25 heavy (non-hydrogen) atoms. The van der Waals surface area contributed by atoms with Crippen molar-refractivity contribution in [2.75, 3.05) is 13.1 Å². The Labute approximate surface area is 146 Å². The number of benzene rings is 2. The van der Waals surface area contributed by atoms with E-state index in [-0.39, 0.29) is 11.9 Å². The summed E-state index contributed by atoms with van der Waals surface area (Å²) < 4.78 is 25.9. The van der Waals surface area contributed by atoms with Crippen LogP contribution in [0.2, 0.25) is 0 Å². The zero-order valence-electron chi connectivity index (χ0n) is 14.0. The minimum absolute atomic E-state index is 0.281. The molecule has 2 aliphatic heterocycles. The highest BCUT2D eigenvalue weighted by Crippen LogP contribution is 2.37. The van der Waals surface area contributed by atoms with Crippen LogP contribution in [0.1, 0.15) is 35.8 Å². The third-order valence-corrected chi connectivity index (χ3v) is 4.77. The average Bonchev–Trinajstić information content (AvgIpc) is 2.62. The maximum atomic E-state index is 14.0. The molecular formula is C20H22FNO3. The van der Waals surface area contributed by atoms with Crippen molar-refractivity contribution >= 4 is 0 Å². The van der Waals surface area contributed by atoms with Gasteiger partial charge >= 0.3 is 0 Å². The van der Waals surface area contributed by atoms with E-state index >= 15 is 0 Å². The van der Waals surface area contributed by atoms with E-state index < -0.39 is 6.29 Å². The first-order chi connectivity index (χ1) is 12.2. The van der Waals surface area contributed by atoms with Crippen molar-refractivity contribution in [3.05, 3.63) is 65.0 Å². The molecule has 0 aliphatic carbocycles. The Morgan fingerprint density at radius 3 is 2.84 bits per heavy atom. The van der Waals surface area contributed by atoms with Crippen LogP contribution in [-0.4, -0.2) is 29.2 Å². The second kappa shape index (κ2) is 7.12. The van der Waals surface area contributed by atoms with Crippen LogP contribution in [0.5, 0.6) is 5.75 Å². The smallest absolute Gasteiger partial charge is 0.227 e. The monoisotopic (exact) mass is 343 g/mol. The van der Waals surface area contributed by atoms with Gasteiger partial charge in [0, 0.05) is 29.8 Å². The van der Waals surface area contributed by atoms with Gasteiger partial charge < -0.3 is 14.6 Å². The summed E-state index contributed by atoms with van der Waals surface area (Å²) in [6.07, 6.45) is 0.998. The van der Waals surface area contributed by atoms with E-state index in [2.05, 4.69) is 4.90 Å². The molecule has 0 unspecified atom stereocenters. The minimum Gasteiger partial charge on any atom is -0.460 e. The number of halogens is 1. The lowest BCUT2D eigenvalue weighted by Crippen LogP contribution is -2.37. The molecule has 0 amide bonds. The molecule has 4 nitrogen and oxygen atoms in total. The first kappa shape index (κ1) is 16.5. The number of rotatable bonds is 3. The fourth-order valence-corrected chi connectivity index (χ4v) is 3.58. The fourth-order valence-electron chi connectivity index (χ4n) is 3.58. The highest BCUT2D eigenvalue weighted by atomic mass is 19.1. The first-order valence-corrected chi connectivity index (χ1v) is 8.74. The molecule has 2 atom stereocenters. The maximum Gasteiger partial charge on any atom is 0.227 e. The largest absolute Gasteiger partial charge is 0.460 e. The molecule has 132 valence electrons. The lowest BCUT2D eigenvalue weighted by molar-refractivity contribution is -0.112. The maximum absolute atomic E-state index is 14.0. The number of β-amino-alcohol motifs (C(OH)–C–C–N with tert-alkyl or cyclic N) is 1. The summed E-state index contributed by atoms with van der Waals surface area (Å²) in [5, 5.41) is 9.87. The van der Waals surface area contributed by atoms with Crippen molar-refractivity contribution in [1.29, 1.82) is 0 Å². The molecule has 2 heterocycles. The first-order valence-electron chi connectivity index (χ1n) is 8.74. The molecular weight excluding hydrogens is 321 g/mol. The average molecular weight is 343 g/mol. The molecule has 0 bridgehead atoms. The Kier molecular flexibility index (Phi) is 4.70. The Morgan fingerprint density at radius 2 is 2.04 bits per heavy atom. The second-order valence-electron chi connectivity index (χ2n) is 6.76. The second-order valence-corrected chi connectivity index (χ2v) is 6.76. The van der Waals surface area contributed by atoms with Crippen molar-refractivity contribution in [1.82, 2.24) is 4.90 Å². The summed E-state index contributed by atoms with van der Waals surface area (Å²) in [6.45, 7) is 2.41. The van der Waals surface area contributed by atoms with Crippen LogP contribution in [0.25, 0.3) is 0 Å². The summed E-state index contributed by atoms with van der Waals surface area (Å²) in [5.41, 5.74) is 2.49. The highest BCUT2D eigenvalue weighted by molar-refractivity contribution is 5.43. The van der Waals surface area contributed by atoms with E-state index in [1.165, 1.54) is 12.1 Å². The summed E-state index contributed by atoms with van der Waals surface area (Å²) >= 11 is 0. The lowest BCUT2D eigenvalue weighted by Gasteiger charge is -2.32. The van der Waals surface area contributed by atoms with Gasteiger partial charge in [-0.2, -0.15) is 0 Å². The minimum atomic E-state index is -0.482. The molecule has 2 aromatic carbocycles. The van der Waals surface area contributed by atoms with Crippen molar-refractivity contribution in [2.24, 2.45) is 0 Å². The topological polar surface area (TPSA) is 41.9 Å². The number of hydrogen-bond donors (Lipinski definition) is 1. The van der Waals surface area contributed by atoms with Crippen molar-refractivity contribution in [2.45, 2.75) is 38.4 Å². The predicted octanol–water partition coefficient (Wildman–Crippen LogP) is 3.39. The fraction of sp³-hybridized carbons (Fsp3) is 0.400. The summed E-state index contributed by atoms with van der Waals surface area (Å²) in [7, 11) is 0. The normalized spacial score (nSPS) is 23.8. The van der Waals surface area contributed by atoms with Gasteiger partial charge in [0.15, 0.2) is 0 Å². The van der Waals surface area contributed by atoms with Crippen LogP contribution in [-0.2, 0) is 17.9 Å². The molecule has 0 radical (unpaired) electrons. The van der Waals surface area contributed by atoms with Gasteiger partial charge in [-0.1, -0.05) is 30.3 Å². The molecule has 2 aromatic rings. The molecule has 0 saturated carbocycles. The van der Waals surface area contributed by atoms with E-state index in [4.69, 9.17) is 9.47 Å². The van der Waals surface area contributed by atoms with Crippen molar-refractivity contribution in [3.63, 3.8) is 0 Å². The van der Waals surface area contributed by atoms with Crippen LogP contribution >= 0.6 is 0 Å². The zero-order valence-corrected chi connectivity index (χ0v) is 14.0. The van der Waals surface area contributed by atoms with Gasteiger partial charge in [0.05, 0.1) is 12.7 Å². The SMILES string of the molecule is O[C@@H]1CCCN(Cc2cc(F)cc3c2O[C@H](c2ccccc2)OC3)C1. The van der Waals surface area contributed by atoms with Crippen LogP contribution in [0.3, 0.4) is 0 Å². The molecule has 1 N–H and O–H groups in total. The Hall–Kier alpha value is -1.95. The Balaban J connectivity index is 1.59. The quantitative estimate of drug-likeness (QED) is 0.928. The molecule has 1 fully saturated rings. The third kappa shape index (κ3) is 3.68. The number of aliphatic hydroxyl groups is 1. The number of aliphatic hydroxyl groups excluding tert-OH is 1. The van der Waals surface area contributed by atoms with E-state index in [1.54, 1.807) is 0 Å². The van der Waals surface area contributed by atoms with E-state index in [9.17, 15) is 9.50 Å². The van der Waals surface area contributed by atoms with Gasteiger partial charge in [0.2, 0.25) is 6.29 Å². The molecule has 0 aromatic heterocycles. The number of likely N-dealkylation sites (tertiary alicyclic amines) is 1. The molecule has 0 spiro atoms. The molecule has 4 rings (SSSR count). The van der Waals surface area contributed by atoms with Crippen LogP contribution < -0.4 is 4.74 Å². The molecule has 2 aliphatic rings. The number of piperidine rings is 1. The summed E-state index contributed by atoms with van der Waals surface area (Å²) in [4.78, 5) is 2.15. The third-order valence-electron chi connectivity index (χ3n) is 4.77. The van der Waals surface area contributed by atoms with Gasteiger partial charge in [0.1, 0.15) is 11.6 Å². The van der Waals surface area contributed by atoms with Crippen LogP contribution in [0.4, 0.5) is 4.39 Å². The van der Waals surface area contributed by atoms with Gasteiger partial charge in [-0.3, -0.25) is 4.90 Å². The number of ether oxygens (including phenoxy) is 2. The lowest BCUT2D eigenvalue weighted by atomic mass is 10.0. The number of fused-ring (bicyclic) bond motifs is 1. The summed E-state index contributed by atoms with van der Waals surface area (Å²) in [5.74, 6) is 0.429. The van der Waals surface area contributed by atoms with Crippen LogP contribution in [0, 0.1) is 5.82 Å². The van der Waals surface area contributed by atoms with Crippen molar-refractivity contribution in [3.8, 4) is 5.75 Å². The predicted molar refractivity (Wildman–Crippen MR) is 91.5 cm³/mol. The van der Waals surface area contributed by atoms with E-state index in [0.717, 1.165) is 36.1 Å². The molecule has 5 heteroatoms. The number of hydrogen-bond acceptors (Lipinski definition) is 4. The molecule has 1 saturated heterocycles.